The van der Waals surface area contributed by atoms with Crippen LogP contribution in [0.1, 0.15) is 28.5 Å². The van der Waals surface area contributed by atoms with Crippen molar-refractivity contribution in [1.29, 1.82) is 0 Å². The Hall–Kier alpha value is -2.88. The lowest BCUT2D eigenvalue weighted by Crippen LogP contribution is -2.08. The van der Waals surface area contributed by atoms with Gasteiger partial charge in [0.1, 0.15) is 0 Å². The molecule has 0 atom stereocenters. The Morgan fingerprint density at radius 1 is 1.08 bits per heavy atom. The summed E-state index contributed by atoms with van der Waals surface area (Å²) >= 11 is 0. The summed E-state index contributed by atoms with van der Waals surface area (Å²) in [4.78, 5) is 16.7. The Morgan fingerprint density at radius 2 is 1.88 bits per heavy atom. The summed E-state index contributed by atoms with van der Waals surface area (Å²) in [5.74, 6) is -0.327. The van der Waals surface area contributed by atoms with E-state index in [0.29, 0.717) is 12.2 Å². The topological polar surface area (TPSA) is 51.2 Å². The zero-order valence-electron chi connectivity index (χ0n) is 14.1. The van der Waals surface area contributed by atoms with Crippen molar-refractivity contribution in [3.63, 3.8) is 0 Å². The van der Waals surface area contributed by atoms with Crippen molar-refractivity contribution in [2.24, 2.45) is 0 Å². The molecule has 0 radical (unpaired) electrons. The summed E-state index contributed by atoms with van der Waals surface area (Å²) in [5.41, 5.74) is 5.19. The van der Waals surface area contributed by atoms with Crippen molar-refractivity contribution < 1.29 is 9.53 Å². The maximum atomic E-state index is 12.2. The molecule has 0 amide bonds. The van der Waals surface area contributed by atoms with Gasteiger partial charge in [-0.2, -0.15) is 0 Å². The Kier molecular flexibility index (Phi) is 4.47. The van der Waals surface area contributed by atoms with E-state index >= 15 is 0 Å². The number of carbonyl (C=O) groups is 1. The van der Waals surface area contributed by atoms with Crippen LogP contribution in [0.2, 0.25) is 0 Å². The van der Waals surface area contributed by atoms with Gasteiger partial charge in [0.05, 0.1) is 23.4 Å². The Balaban J connectivity index is 2.08. The first-order chi connectivity index (χ1) is 11.6. The highest BCUT2D eigenvalue weighted by Gasteiger charge is 2.13. The van der Waals surface area contributed by atoms with Crippen LogP contribution in [-0.2, 0) is 4.74 Å². The number of nitrogens with zero attached hydrogens (tertiary/aromatic N) is 1. The minimum absolute atomic E-state index is 0.327. The second kappa shape index (κ2) is 6.71. The number of rotatable bonds is 4. The van der Waals surface area contributed by atoms with Crippen molar-refractivity contribution in [1.82, 2.24) is 4.98 Å². The van der Waals surface area contributed by atoms with Crippen LogP contribution in [0.15, 0.2) is 48.5 Å². The molecule has 4 nitrogen and oxygen atoms in total. The molecule has 4 heteroatoms. The minimum Gasteiger partial charge on any atom is -0.462 e. The number of nitrogens with one attached hydrogen (secondary N) is 1. The van der Waals surface area contributed by atoms with Crippen LogP contribution in [-0.4, -0.2) is 17.6 Å². The van der Waals surface area contributed by atoms with Gasteiger partial charge in [0, 0.05) is 16.8 Å². The maximum absolute atomic E-state index is 12.2. The highest BCUT2D eigenvalue weighted by molar-refractivity contribution is 5.99. The molecule has 3 rings (SSSR count). The molecule has 1 heterocycles. The summed E-state index contributed by atoms with van der Waals surface area (Å²) in [7, 11) is 0. The molecular weight excluding hydrogens is 300 g/mol. The predicted octanol–water partition coefficient (Wildman–Crippen LogP) is 4.77. The largest absolute Gasteiger partial charge is 0.462 e. The lowest BCUT2D eigenvalue weighted by Gasteiger charge is -2.14. The normalized spacial score (nSPS) is 10.6. The molecule has 2 aromatic carbocycles. The lowest BCUT2D eigenvalue weighted by atomic mass is 10.1. The lowest BCUT2D eigenvalue weighted by molar-refractivity contribution is 0.0527. The average Bonchev–Trinajstić information content (AvgIpc) is 2.56. The molecule has 0 unspecified atom stereocenters. The molecular formula is C20H20N2O2. The molecule has 0 aliphatic heterocycles. The van der Waals surface area contributed by atoms with E-state index in [-0.39, 0.29) is 5.97 Å². The van der Waals surface area contributed by atoms with Gasteiger partial charge in [0.15, 0.2) is 0 Å². The molecule has 0 fully saturated rings. The molecule has 1 aromatic heterocycles. The Bertz CT molecular complexity index is 903. The molecule has 0 saturated heterocycles. The quantitative estimate of drug-likeness (QED) is 0.703. The molecule has 0 spiro atoms. The summed E-state index contributed by atoms with van der Waals surface area (Å²) in [5, 5.41) is 4.41. The molecule has 3 aromatic rings. The van der Waals surface area contributed by atoms with Gasteiger partial charge in [-0.05, 0) is 51.1 Å². The van der Waals surface area contributed by atoms with E-state index in [1.807, 2.05) is 43.3 Å². The van der Waals surface area contributed by atoms with Crippen LogP contribution >= 0.6 is 0 Å². The van der Waals surface area contributed by atoms with Crippen molar-refractivity contribution in [3.8, 4) is 0 Å². The second-order valence-corrected chi connectivity index (χ2v) is 5.72. The number of para-hydroxylation sites is 1. The second-order valence-electron chi connectivity index (χ2n) is 5.72. The Labute approximate surface area is 141 Å². The van der Waals surface area contributed by atoms with Gasteiger partial charge < -0.3 is 10.1 Å². The molecule has 0 bridgehead atoms. The predicted molar refractivity (Wildman–Crippen MR) is 96.9 cm³/mol. The van der Waals surface area contributed by atoms with Crippen LogP contribution in [0.5, 0.6) is 0 Å². The molecule has 122 valence electrons. The average molecular weight is 320 g/mol. The third kappa shape index (κ3) is 3.23. The van der Waals surface area contributed by atoms with Gasteiger partial charge in [-0.3, -0.25) is 4.98 Å². The number of carbonyl (C=O) groups excluding carboxylic acids is 1. The third-order valence-electron chi connectivity index (χ3n) is 3.78. The fourth-order valence-corrected chi connectivity index (χ4v) is 2.70. The number of anilines is 2. The van der Waals surface area contributed by atoms with E-state index in [1.165, 1.54) is 0 Å². The number of hydrogen-bond acceptors (Lipinski definition) is 4. The zero-order chi connectivity index (χ0) is 17.1. The minimum atomic E-state index is -0.327. The summed E-state index contributed by atoms with van der Waals surface area (Å²) in [6.07, 6.45) is 0. The molecule has 0 aliphatic carbocycles. The smallest absolute Gasteiger partial charge is 0.340 e. The number of aromatic nitrogens is 1. The maximum Gasteiger partial charge on any atom is 0.340 e. The van der Waals surface area contributed by atoms with Crippen LogP contribution in [0.3, 0.4) is 0 Å². The van der Waals surface area contributed by atoms with E-state index in [9.17, 15) is 4.79 Å². The summed E-state index contributed by atoms with van der Waals surface area (Å²) in [6, 6.07) is 15.5. The van der Waals surface area contributed by atoms with E-state index in [4.69, 9.17) is 4.74 Å². The monoisotopic (exact) mass is 320 g/mol. The number of fused-ring (bicyclic) bond motifs is 1. The van der Waals surface area contributed by atoms with Gasteiger partial charge in [0.25, 0.3) is 0 Å². The van der Waals surface area contributed by atoms with E-state index in [2.05, 4.69) is 23.3 Å². The van der Waals surface area contributed by atoms with Crippen LogP contribution in [0, 0.1) is 13.8 Å². The van der Waals surface area contributed by atoms with E-state index < -0.39 is 0 Å². The molecule has 1 N–H and O–H groups in total. The van der Waals surface area contributed by atoms with E-state index in [1.54, 1.807) is 13.0 Å². The first kappa shape index (κ1) is 16.0. The van der Waals surface area contributed by atoms with Crippen molar-refractivity contribution in [2.75, 3.05) is 11.9 Å². The van der Waals surface area contributed by atoms with Gasteiger partial charge in [0.2, 0.25) is 0 Å². The van der Waals surface area contributed by atoms with Crippen LogP contribution < -0.4 is 5.32 Å². The first-order valence-electron chi connectivity index (χ1n) is 7.99. The number of esters is 1. The number of ether oxygens (including phenoxy) is 1. The fraction of sp³-hybridized carbons (Fsp3) is 0.200. The van der Waals surface area contributed by atoms with Gasteiger partial charge in [-0.15, -0.1) is 0 Å². The van der Waals surface area contributed by atoms with Crippen molar-refractivity contribution >= 4 is 28.2 Å². The SMILES string of the molecule is CCOC(=O)c1ccccc1Nc1cc(C)nc2ccc(C)cc12. The van der Waals surface area contributed by atoms with Gasteiger partial charge in [-0.1, -0.05) is 23.8 Å². The van der Waals surface area contributed by atoms with Crippen LogP contribution in [0.4, 0.5) is 11.4 Å². The number of benzene rings is 2. The van der Waals surface area contributed by atoms with E-state index in [0.717, 1.165) is 33.5 Å². The van der Waals surface area contributed by atoms with Gasteiger partial charge in [-0.25, -0.2) is 4.79 Å². The standard InChI is InChI=1S/C20H20N2O2/c1-4-24-20(23)15-7-5-6-8-17(15)22-19-12-14(3)21-18-10-9-13(2)11-16(18)19/h5-12H,4H2,1-3H3,(H,21,22). The van der Waals surface area contributed by atoms with Crippen LogP contribution in [0.25, 0.3) is 10.9 Å². The van der Waals surface area contributed by atoms with Gasteiger partial charge >= 0.3 is 5.97 Å². The Morgan fingerprint density at radius 3 is 2.67 bits per heavy atom. The molecule has 0 saturated carbocycles. The fourth-order valence-electron chi connectivity index (χ4n) is 2.70. The molecule has 24 heavy (non-hydrogen) atoms. The summed E-state index contributed by atoms with van der Waals surface area (Å²) in [6.45, 7) is 6.16. The zero-order valence-corrected chi connectivity index (χ0v) is 14.1. The number of hydrogen-bond donors (Lipinski definition) is 1. The molecule has 0 aliphatic rings. The third-order valence-corrected chi connectivity index (χ3v) is 3.78. The highest BCUT2D eigenvalue weighted by Crippen LogP contribution is 2.29. The highest BCUT2D eigenvalue weighted by atomic mass is 16.5. The number of pyridine rings is 1. The number of aryl methyl sites for hydroxylation is 2. The summed E-state index contributed by atoms with van der Waals surface area (Å²) < 4.78 is 5.15. The van der Waals surface area contributed by atoms with Crippen molar-refractivity contribution in [2.45, 2.75) is 20.8 Å². The first-order valence-corrected chi connectivity index (χ1v) is 7.99. The van der Waals surface area contributed by atoms with Crippen molar-refractivity contribution in [3.05, 3.63) is 65.4 Å².